The van der Waals surface area contributed by atoms with Gasteiger partial charge >= 0.3 is 0 Å². The van der Waals surface area contributed by atoms with Crippen LogP contribution in [0.15, 0.2) is 12.3 Å². The van der Waals surface area contributed by atoms with E-state index in [0.29, 0.717) is 0 Å². The maximum absolute atomic E-state index is 8.91. The minimum absolute atomic E-state index is 0.227. The molecule has 0 radical (unpaired) electrons. The van der Waals surface area contributed by atoms with Crippen molar-refractivity contribution in [3.05, 3.63) is 12.3 Å². The van der Waals surface area contributed by atoms with E-state index < -0.39 is 0 Å². The van der Waals surface area contributed by atoms with Gasteiger partial charge in [-0.25, -0.2) is 0 Å². The Balaban J connectivity index is 2.14. The molecule has 0 saturated carbocycles. The Morgan fingerprint density at radius 2 is 2.67 bits per heavy atom. The molecule has 0 aromatic rings. The van der Waals surface area contributed by atoms with E-state index >= 15 is 0 Å². The van der Waals surface area contributed by atoms with Crippen LogP contribution < -0.4 is 0 Å². The predicted octanol–water partition coefficient (Wildman–Crippen LogP) is 1.06. The van der Waals surface area contributed by atoms with E-state index in [1.54, 1.807) is 13.2 Å². The van der Waals surface area contributed by atoms with Crippen LogP contribution in [0.2, 0.25) is 0 Å². The molecule has 0 aliphatic carbocycles. The molecule has 1 aliphatic rings. The van der Waals surface area contributed by atoms with E-state index in [-0.39, 0.29) is 12.2 Å². The van der Waals surface area contributed by atoms with Crippen molar-refractivity contribution in [3.63, 3.8) is 0 Å². The molecular weight excluding hydrogens is 116 g/mol. The number of hydrogen-bond acceptors (Lipinski definition) is 2. The van der Waals surface area contributed by atoms with Crippen molar-refractivity contribution in [1.29, 1.82) is 0 Å². The van der Waals surface area contributed by atoms with Gasteiger partial charge in [-0.3, -0.25) is 0 Å². The van der Waals surface area contributed by atoms with Crippen LogP contribution in [0.4, 0.5) is 0 Å². The average molecular weight is 128 g/mol. The molecule has 1 heterocycles. The summed E-state index contributed by atoms with van der Waals surface area (Å²) in [7, 11) is 0. The summed E-state index contributed by atoms with van der Waals surface area (Å²) in [6.45, 7) is 1.78. The van der Waals surface area contributed by atoms with E-state index in [1.165, 1.54) is 0 Å². The van der Waals surface area contributed by atoms with Gasteiger partial charge in [0.25, 0.3) is 0 Å². The van der Waals surface area contributed by atoms with Crippen LogP contribution in [-0.4, -0.2) is 17.3 Å². The van der Waals surface area contributed by atoms with Gasteiger partial charge in [0.1, 0.15) is 6.10 Å². The van der Waals surface area contributed by atoms with E-state index in [1.807, 2.05) is 6.08 Å². The van der Waals surface area contributed by atoms with Crippen molar-refractivity contribution in [2.45, 2.75) is 32.0 Å². The van der Waals surface area contributed by atoms with Crippen molar-refractivity contribution in [2.24, 2.45) is 0 Å². The Morgan fingerprint density at radius 1 is 1.89 bits per heavy atom. The standard InChI is InChI=1S/C7H12O2/c1-6(8)5-7-3-2-4-9-7/h2,4,6-8H,3,5H2,1H3. The molecule has 0 spiro atoms. The largest absolute Gasteiger partial charge is 0.498 e. The first kappa shape index (κ1) is 6.62. The highest BCUT2D eigenvalue weighted by Crippen LogP contribution is 2.13. The lowest BCUT2D eigenvalue weighted by molar-refractivity contribution is 0.0915. The molecule has 1 rings (SSSR count). The second-order valence-electron chi connectivity index (χ2n) is 2.45. The Bertz CT molecular complexity index is 99.5. The van der Waals surface area contributed by atoms with Gasteiger partial charge in [-0.05, 0) is 13.0 Å². The normalized spacial score (nSPS) is 28.0. The van der Waals surface area contributed by atoms with Crippen LogP contribution >= 0.6 is 0 Å². The van der Waals surface area contributed by atoms with E-state index in [2.05, 4.69) is 0 Å². The molecular formula is C7H12O2. The summed E-state index contributed by atoms with van der Waals surface area (Å²) in [5.74, 6) is 0. The van der Waals surface area contributed by atoms with Gasteiger partial charge in [0, 0.05) is 12.8 Å². The lowest BCUT2D eigenvalue weighted by Crippen LogP contribution is -2.13. The lowest BCUT2D eigenvalue weighted by Gasteiger charge is -2.10. The average Bonchev–Trinajstić information content (AvgIpc) is 2.15. The molecule has 52 valence electrons. The lowest BCUT2D eigenvalue weighted by atomic mass is 10.1. The maximum Gasteiger partial charge on any atom is 0.104 e. The van der Waals surface area contributed by atoms with Gasteiger partial charge in [-0.1, -0.05) is 0 Å². The van der Waals surface area contributed by atoms with Gasteiger partial charge < -0.3 is 9.84 Å². The fourth-order valence-electron chi connectivity index (χ4n) is 0.962. The highest BCUT2D eigenvalue weighted by Gasteiger charge is 2.12. The second kappa shape index (κ2) is 2.87. The van der Waals surface area contributed by atoms with Gasteiger partial charge in [0.2, 0.25) is 0 Å². The van der Waals surface area contributed by atoms with Crippen molar-refractivity contribution in [3.8, 4) is 0 Å². The first-order valence-corrected chi connectivity index (χ1v) is 3.27. The molecule has 0 aromatic carbocycles. The van der Waals surface area contributed by atoms with Crippen LogP contribution in [0.3, 0.4) is 0 Å². The second-order valence-corrected chi connectivity index (χ2v) is 2.45. The SMILES string of the molecule is CC(O)CC1CC=CO1. The number of aliphatic hydroxyl groups is 1. The molecule has 2 unspecified atom stereocenters. The van der Waals surface area contributed by atoms with Crippen LogP contribution in [0.25, 0.3) is 0 Å². The molecule has 0 saturated heterocycles. The fourth-order valence-corrected chi connectivity index (χ4v) is 0.962. The minimum Gasteiger partial charge on any atom is -0.498 e. The van der Waals surface area contributed by atoms with Crippen LogP contribution in [0, 0.1) is 0 Å². The molecule has 1 N–H and O–H groups in total. The van der Waals surface area contributed by atoms with Gasteiger partial charge in [-0.2, -0.15) is 0 Å². The van der Waals surface area contributed by atoms with Crippen molar-refractivity contribution >= 4 is 0 Å². The van der Waals surface area contributed by atoms with Gasteiger partial charge in [-0.15, -0.1) is 0 Å². The zero-order valence-corrected chi connectivity index (χ0v) is 5.58. The Kier molecular flexibility index (Phi) is 2.11. The van der Waals surface area contributed by atoms with E-state index in [9.17, 15) is 0 Å². The minimum atomic E-state index is -0.241. The molecule has 2 atom stereocenters. The smallest absolute Gasteiger partial charge is 0.104 e. The van der Waals surface area contributed by atoms with Crippen LogP contribution in [0.5, 0.6) is 0 Å². The van der Waals surface area contributed by atoms with E-state index in [4.69, 9.17) is 9.84 Å². The Morgan fingerprint density at radius 3 is 3.11 bits per heavy atom. The third-order valence-corrected chi connectivity index (χ3v) is 1.37. The van der Waals surface area contributed by atoms with Crippen LogP contribution in [-0.2, 0) is 4.74 Å². The molecule has 9 heavy (non-hydrogen) atoms. The third-order valence-electron chi connectivity index (χ3n) is 1.37. The molecule has 0 amide bonds. The molecule has 1 aliphatic heterocycles. The topological polar surface area (TPSA) is 29.5 Å². The molecule has 0 bridgehead atoms. The summed E-state index contributed by atoms with van der Waals surface area (Å²) < 4.78 is 5.12. The van der Waals surface area contributed by atoms with Gasteiger partial charge in [0.15, 0.2) is 0 Å². The summed E-state index contributed by atoms with van der Waals surface area (Å²) in [4.78, 5) is 0. The molecule has 2 heteroatoms. The highest BCUT2D eigenvalue weighted by atomic mass is 16.5. The predicted molar refractivity (Wildman–Crippen MR) is 34.9 cm³/mol. The number of hydrogen-bond donors (Lipinski definition) is 1. The quantitative estimate of drug-likeness (QED) is 0.602. The molecule has 0 fully saturated rings. The third kappa shape index (κ3) is 2.06. The summed E-state index contributed by atoms with van der Waals surface area (Å²) in [5.41, 5.74) is 0. The summed E-state index contributed by atoms with van der Waals surface area (Å²) in [6, 6.07) is 0. The first-order chi connectivity index (χ1) is 4.29. The summed E-state index contributed by atoms with van der Waals surface area (Å²) in [5, 5.41) is 8.91. The Hall–Kier alpha value is -0.500. The molecule has 2 nitrogen and oxygen atoms in total. The number of ether oxygens (including phenoxy) is 1. The number of aliphatic hydroxyl groups excluding tert-OH is 1. The summed E-state index contributed by atoms with van der Waals surface area (Å²) >= 11 is 0. The monoisotopic (exact) mass is 128 g/mol. The molecule has 0 aromatic heterocycles. The van der Waals surface area contributed by atoms with E-state index in [0.717, 1.165) is 12.8 Å². The highest BCUT2D eigenvalue weighted by molar-refractivity contribution is 4.86. The van der Waals surface area contributed by atoms with Crippen LogP contribution in [0.1, 0.15) is 19.8 Å². The first-order valence-electron chi connectivity index (χ1n) is 3.27. The fraction of sp³-hybridized carbons (Fsp3) is 0.714. The zero-order chi connectivity index (χ0) is 6.69. The number of rotatable bonds is 2. The van der Waals surface area contributed by atoms with Crippen molar-refractivity contribution in [1.82, 2.24) is 0 Å². The summed E-state index contributed by atoms with van der Waals surface area (Å²) in [6.07, 6.45) is 5.36. The van der Waals surface area contributed by atoms with Crippen molar-refractivity contribution in [2.75, 3.05) is 0 Å². The maximum atomic E-state index is 8.91. The zero-order valence-electron chi connectivity index (χ0n) is 5.58. The van der Waals surface area contributed by atoms with Gasteiger partial charge in [0.05, 0.1) is 12.4 Å². The Labute approximate surface area is 55.1 Å². The van der Waals surface area contributed by atoms with Crippen molar-refractivity contribution < 1.29 is 9.84 Å².